The van der Waals surface area contributed by atoms with Crippen LogP contribution in [0.1, 0.15) is 18.2 Å². The van der Waals surface area contributed by atoms with Crippen LogP contribution in [0.2, 0.25) is 0 Å². The van der Waals surface area contributed by atoms with E-state index in [-0.39, 0.29) is 12.7 Å². The third-order valence-electron chi connectivity index (χ3n) is 3.81. The standard InChI is InChI=1S/C13H16N2O5/c1-8-6-15(12(18)14-11(8)17)10-5-9-13(7-16,20-10)3-2-4-19-9/h2-3,6,9-10,16H,4-5,7H2,1H3,(H,14,17,18)/t9-,10+,13+/m0/s1. The first-order chi connectivity index (χ1) is 9.55. The predicted octanol–water partition coefficient (Wildman–Crippen LogP) is -0.550. The number of aliphatic hydroxyl groups excluding tert-OH is 1. The number of aryl methyl sites for hydroxylation is 1. The van der Waals surface area contributed by atoms with E-state index in [0.29, 0.717) is 18.6 Å². The van der Waals surface area contributed by atoms with Crippen molar-refractivity contribution in [3.63, 3.8) is 0 Å². The molecule has 2 N–H and O–H groups in total. The number of nitrogens with one attached hydrogen (secondary N) is 1. The lowest BCUT2D eigenvalue weighted by molar-refractivity contribution is -0.115. The minimum Gasteiger partial charge on any atom is -0.393 e. The van der Waals surface area contributed by atoms with Crippen molar-refractivity contribution in [2.45, 2.75) is 31.3 Å². The van der Waals surface area contributed by atoms with Crippen LogP contribution in [0.3, 0.4) is 0 Å². The molecule has 3 atom stereocenters. The van der Waals surface area contributed by atoms with Gasteiger partial charge in [-0.2, -0.15) is 0 Å². The molecule has 0 spiro atoms. The largest absolute Gasteiger partial charge is 0.393 e. The molecule has 1 fully saturated rings. The number of ether oxygens (including phenoxy) is 2. The zero-order valence-corrected chi connectivity index (χ0v) is 11.0. The van der Waals surface area contributed by atoms with Crippen molar-refractivity contribution < 1.29 is 14.6 Å². The molecule has 7 nitrogen and oxygen atoms in total. The number of aromatic amines is 1. The highest BCUT2D eigenvalue weighted by atomic mass is 16.6. The van der Waals surface area contributed by atoms with E-state index in [1.54, 1.807) is 19.1 Å². The summed E-state index contributed by atoms with van der Waals surface area (Å²) in [6, 6.07) is 0. The van der Waals surface area contributed by atoms with Gasteiger partial charge in [0, 0.05) is 18.2 Å². The van der Waals surface area contributed by atoms with Crippen molar-refractivity contribution in [3.05, 3.63) is 44.8 Å². The zero-order valence-electron chi connectivity index (χ0n) is 11.0. The predicted molar refractivity (Wildman–Crippen MR) is 69.5 cm³/mol. The average Bonchev–Trinajstić information content (AvgIpc) is 2.82. The van der Waals surface area contributed by atoms with Crippen LogP contribution < -0.4 is 11.2 Å². The van der Waals surface area contributed by atoms with Crippen molar-refractivity contribution in [3.8, 4) is 0 Å². The van der Waals surface area contributed by atoms with E-state index in [1.165, 1.54) is 10.8 Å². The molecule has 108 valence electrons. The van der Waals surface area contributed by atoms with Gasteiger partial charge >= 0.3 is 5.69 Å². The van der Waals surface area contributed by atoms with E-state index in [4.69, 9.17) is 9.47 Å². The molecule has 0 radical (unpaired) electrons. The summed E-state index contributed by atoms with van der Waals surface area (Å²) >= 11 is 0. The Morgan fingerprint density at radius 3 is 3.05 bits per heavy atom. The summed E-state index contributed by atoms with van der Waals surface area (Å²) in [6.45, 7) is 1.86. The number of rotatable bonds is 2. The molecule has 7 heteroatoms. The number of hydrogen-bond donors (Lipinski definition) is 2. The van der Waals surface area contributed by atoms with Gasteiger partial charge in [0.2, 0.25) is 0 Å². The highest BCUT2D eigenvalue weighted by molar-refractivity contribution is 5.14. The van der Waals surface area contributed by atoms with Crippen LogP contribution in [0.4, 0.5) is 0 Å². The van der Waals surface area contributed by atoms with Gasteiger partial charge in [0.1, 0.15) is 11.8 Å². The molecule has 0 unspecified atom stereocenters. The fourth-order valence-electron chi connectivity index (χ4n) is 2.70. The second kappa shape index (κ2) is 4.69. The lowest BCUT2D eigenvalue weighted by Crippen LogP contribution is -2.45. The van der Waals surface area contributed by atoms with E-state index in [0.717, 1.165) is 0 Å². The SMILES string of the molecule is Cc1cn([C@H]2C[C@@H]3OCC=C[C@]3(CO)O2)c(=O)[nH]c1=O. The van der Waals surface area contributed by atoms with E-state index < -0.39 is 23.1 Å². The van der Waals surface area contributed by atoms with Gasteiger partial charge in [0.15, 0.2) is 0 Å². The molecule has 3 rings (SSSR count). The first-order valence-corrected chi connectivity index (χ1v) is 6.46. The molecule has 0 amide bonds. The van der Waals surface area contributed by atoms with Gasteiger partial charge in [0.25, 0.3) is 5.56 Å². The summed E-state index contributed by atoms with van der Waals surface area (Å²) in [5.41, 5.74) is -1.42. The Morgan fingerprint density at radius 2 is 2.35 bits per heavy atom. The fraction of sp³-hybridized carbons (Fsp3) is 0.538. The second-order valence-electron chi connectivity index (χ2n) is 5.12. The van der Waals surface area contributed by atoms with Crippen LogP contribution in [-0.4, -0.2) is 39.6 Å². The molecule has 2 aliphatic rings. The van der Waals surface area contributed by atoms with Crippen molar-refractivity contribution >= 4 is 0 Å². The van der Waals surface area contributed by atoms with Crippen LogP contribution in [0.5, 0.6) is 0 Å². The monoisotopic (exact) mass is 280 g/mol. The summed E-state index contributed by atoms with van der Waals surface area (Å²) in [5.74, 6) is 0. The Labute approximate surface area is 114 Å². The minimum atomic E-state index is -0.910. The van der Waals surface area contributed by atoms with Gasteiger partial charge in [-0.1, -0.05) is 6.08 Å². The van der Waals surface area contributed by atoms with Crippen LogP contribution >= 0.6 is 0 Å². The van der Waals surface area contributed by atoms with Crippen molar-refractivity contribution in [1.82, 2.24) is 9.55 Å². The van der Waals surface area contributed by atoms with E-state index >= 15 is 0 Å². The molecule has 1 aromatic heterocycles. The molecule has 0 saturated carbocycles. The average molecular weight is 280 g/mol. The molecule has 3 heterocycles. The number of aliphatic hydroxyl groups is 1. The molecule has 2 aliphatic heterocycles. The number of aromatic nitrogens is 2. The Hall–Kier alpha value is -1.70. The highest BCUT2D eigenvalue weighted by Gasteiger charge is 2.49. The second-order valence-corrected chi connectivity index (χ2v) is 5.12. The van der Waals surface area contributed by atoms with Crippen molar-refractivity contribution in [1.29, 1.82) is 0 Å². The van der Waals surface area contributed by atoms with Gasteiger partial charge in [-0.3, -0.25) is 14.3 Å². The van der Waals surface area contributed by atoms with Crippen molar-refractivity contribution in [2.75, 3.05) is 13.2 Å². The maximum atomic E-state index is 11.9. The summed E-state index contributed by atoms with van der Waals surface area (Å²) in [4.78, 5) is 25.5. The van der Waals surface area contributed by atoms with Crippen LogP contribution in [0.25, 0.3) is 0 Å². The molecular weight excluding hydrogens is 264 g/mol. The molecule has 0 aliphatic carbocycles. The normalized spacial score (nSPS) is 32.3. The Morgan fingerprint density at radius 1 is 1.55 bits per heavy atom. The maximum absolute atomic E-state index is 11.9. The smallest absolute Gasteiger partial charge is 0.330 e. The third-order valence-corrected chi connectivity index (χ3v) is 3.81. The number of fused-ring (bicyclic) bond motifs is 1. The zero-order chi connectivity index (χ0) is 14.3. The summed E-state index contributed by atoms with van der Waals surface area (Å²) in [6.07, 6.45) is 4.61. The van der Waals surface area contributed by atoms with Crippen LogP contribution in [-0.2, 0) is 9.47 Å². The topological polar surface area (TPSA) is 93.6 Å². The Kier molecular flexibility index (Phi) is 3.12. The van der Waals surface area contributed by atoms with Crippen LogP contribution in [0, 0.1) is 6.92 Å². The lowest BCUT2D eigenvalue weighted by atomic mass is 9.95. The first-order valence-electron chi connectivity index (χ1n) is 6.46. The number of nitrogens with zero attached hydrogens (tertiary/aromatic N) is 1. The molecule has 0 bridgehead atoms. The molecular formula is C13H16N2O5. The van der Waals surface area contributed by atoms with Gasteiger partial charge in [-0.05, 0) is 13.0 Å². The lowest BCUT2D eigenvalue weighted by Gasteiger charge is -2.32. The maximum Gasteiger partial charge on any atom is 0.330 e. The Bertz CT molecular complexity index is 661. The number of H-pyrrole nitrogens is 1. The van der Waals surface area contributed by atoms with E-state index in [2.05, 4.69) is 4.98 Å². The van der Waals surface area contributed by atoms with Gasteiger partial charge in [-0.15, -0.1) is 0 Å². The molecule has 1 aromatic rings. The van der Waals surface area contributed by atoms with E-state index in [9.17, 15) is 14.7 Å². The van der Waals surface area contributed by atoms with E-state index in [1.807, 2.05) is 0 Å². The van der Waals surface area contributed by atoms with Gasteiger partial charge in [-0.25, -0.2) is 4.79 Å². The Balaban J connectivity index is 1.98. The fourth-order valence-corrected chi connectivity index (χ4v) is 2.70. The summed E-state index contributed by atoms with van der Waals surface area (Å²) in [5, 5.41) is 9.58. The highest BCUT2D eigenvalue weighted by Crippen LogP contribution is 2.40. The first kappa shape index (κ1) is 13.3. The van der Waals surface area contributed by atoms with Gasteiger partial charge in [0.05, 0.1) is 19.3 Å². The molecule has 20 heavy (non-hydrogen) atoms. The van der Waals surface area contributed by atoms with Crippen molar-refractivity contribution in [2.24, 2.45) is 0 Å². The van der Waals surface area contributed by atoms with Gasteiger partial charge < -0.3 is 14.6 Å². The molecule has 0 aromatic carbocycles. The third kappa shape index (κ3) is 1.94. The van der Waals surface area contributed by atoms with Crippen LogP contribution in [0.15, 0.2) is 27.9 Å². The molecule has 1 saturated heterocycles. The number of hydrogen-bond acceptors (Lipinski definition) is 5. The quantitative estimate of drug-likeness (QED) is 0.709. The summed E-state index contributed by atoms with van der Waals surface area (Å²) < 4.78 is 12.8. The minimum absolute atomic E-state index is 0.220. The summed E-state index contributed by atoms with van der Waals surface area (Å²) in [7, 11) is 0.